The normalized spacial score (nSPS) is 24.0. The van der Waals surface area contributed by atoms with Crippen molar-refractivity contribution in [1.82, 2.24) is 0 Å². The number of ketones is 1. The molecule has 0 saturated heterocycles. The standard InChI is InChI=1S/C19H32O2/c1-7-9-10-17(8-2)13-18(20)19(21-6)15(4)12-11-14(3)16(19)5/h12,17H,7-11,13H2,1-6H3. The Balaban J connectivity index is 2.99. The van der Waals surface area contributed by atoms with Gasteiger partial charge in [-0.3, -0.25) is 4.79 Å². The van der Waals surface area contributed by atoms with Gasteiger partial charge in [-0.15, -0.1) is 0 Å². The fourth-order valence-corrected chi connectivity index (χ4v) is 3.41. The van der Waals surface area contributed by atoms with E-state index in [0.717, 1.165) is 30.4 Å². The zero-order valence-corrected chi connectivity index (χ0v) is 14.7. The first-order valence-electron chi connectivity index (χ1n) is 8.36. The van der Waals surface area contributed by atoms with Crippen LogP contribution in [-0.2, 0) is 9.53 Å². The maximum absolute atomic E-state index is 13.0. The first kappa shape index (κ1) is 18.2. The number of ether oxygens (including phenoxy) is 1. The Labute approximate surface area is 130 Å². The second-order valence-electron chi connectivity index (χ2n) is 6.43. The van der Waals surface area contributed by atoms with Gasteiger partial charge in [0.05, 0.1) is 0 Å². The molecular formula is C19H32O2. The van der Waals surface area contributed by atoms with Crippen LogP contribution in [0.4, 0.5) is 0 Å². The van der Waals surface area contributed by atoms with E-state index in [1.165, 1.54) is 18.4 Å². The Kier molecular flexibility index (Phi) is 6.86. The van der Waals surface area contributed by atoms with Gasteiger partial charge in [-0.25, -0.2) is 0 Å². The molecule has 1 aliphatic carbocycles. The first-order valence-corrected chi connectivity index (χ1v) is 8.36. The minimum atomic E-state index is -0.804. The third-order valence-corrected chi connectivity index (χ3v) is 5.15. The van der Waals surface area contributed by atoms with Crippen LogP contribution < -0.4 is 0 Å². The Bertz CT molecular complexity index is 431. The van der Waals surface area contributed by atoms with Crippen LogP contribution in [0.5, 0.6) is 0 Å². The summed E-state index contributed by atoms with van der Waals surface area (Å²) in [5, 5.41) is 0. The molecule has 1 aliphatic rings. The maximum Gasteiger partial charge on any atom is 0.173 e. The van der Waals surface area contributed by atoms with Crippen molar-refractivity contribution in [2.24, 2.45) is 5.92 Å². The molecule has 0 amide bonds. The number of carbonyl (C=O) groups excluding carboxylic acids is 1. The van der Waals surface area contributed by atoms with Crippen LogP contribution in [0.25, 0.3) is 0 Å². The summed E-state index contributed by atoms with van der Waals surface area (Å²) in [4.78, 5) is 13.0. The Morgan fingerprint density at radius 1 is 1.33 bits per heavy atom. The third-order valence-electron chi connectivity index (χ3n) is 5.15. The van der Waals surface area contributed by atoms with E-state index in [1.54, 1.807) is 7.11 Å². The van der Waals surface area contributed by atoms with Gasteiger partial charge in [0, 0.05) is 13.5 Å². The molecule has 2 unspecified atom stereocenters. The zero-order chi connectivity index (χ0) is 16.0. The van der Waals surface area contributed by atoms with Gasteiger partial charge < -0.3 is 4.74 Å². The lowest BCUT2D eigenvalue weighted by molar-refractivity contribution is -0.134. The number of hydrogen-bond acceptors (Lipinski definition) is 2. The van der Waals surface area contributed by atoms with Crippen molar-refractivity contribution < 1.29 is 9.53 Å². The summed E-state index contributed by atoms with van der Waals surface area (Å²) in [6, 6.07) is 0. The molecule has 0 N–H and O–H groups in total. The molecule has 0 radical (unpaired) electrons. The van der Waals surface area contributed by atoms with E-state index in [2.05, 4.69) is 33.8 Å². The summed E-state index contributed by atoms with van der Waals surface area (Å²) in [6.45, 7) is 10.6. The molecule has 0 saturated carbocycles. The van der Waals surface area contributed by atoms with Gasteiger partial charge >= 0.3 is 0 Å². The molecule has 2 nitrogen and oxygen atoms in total. The monoisotopic (exact) mass is 292 g/mol. The quantitative estimate of drug-likeness (QED) is 0.572. The van der Waals surface area contributed by atoms with Gasteiger partial charge in [0.2, 0.25) is 0 Å². The molecule has 21 heavy (non-hydrogen) atoms. The highest BCUT2D eigenvalue weighted by Crippen LogP contribution is 2.39. The van der Waals surface area contributed by atoms with Gasteiger partial charge in [0.25, 0.3) is 0 Å². The van der Waals surface area contributed by atoms with Gasteiger partial charge in [-0.05, 0) is 44.3 Å². The molecule has 0 bridgehead atoms. The fourth-order valence-electron chi connectivity index (χ4n) is 3.41. The van der Waals surface area contributed by atoms with Crippen molar-refractivity contribution in [3.05, 3.63) is 22.8 Å². The topological polar surface area (TPSA) is 26.3 Å². The molecule has 2 heteroatoms. The van der Waals surface area contributed by atoms with Crippen LogP contribution in [0.15, 0.2) is 22.8 Å². The second kappa shape index (κ2) is 7.93. The molecule has 0 aliphatic heterocycles. The van der Waals surface area contributed by atoms with E-state index >= 15 is 0 Å². The number of Topliss-reactive ketones (excluding diaryl/α,β-unsaturated/α-hetero) is 1. The van der Waals surface area contributed by atoms with Gasteiger partial charge in [0.15, 0.2) is 11.4 Å². The van der Waals surface area contributed by atoms with E-state index in [0.29, 0.717) is 12.3 Å². The Morgan fingerprint density at radius 2 is 2.00 bits per heavy atom. The lowest BCUT2D eigenvalue weighted by atomic mass is 9.74. The number of hydrogen-bond donors (Lipinski definition) is 0. The lowest BCUT2D eigenvalue weighted by Gasteiger charge is -2.38. The van der Waals surface area contributed by atoms with Crippen LogP contribution in [0.3, 0.4) is 0 Å². The van der Waals surface area contributed by atoms with Crippen LogP contribution in [0, 0.1) is 5.92 Å². The molecule has 120 valence electrons. The summed E-state index contributed by atoms with van der Waals surface area (Å²) in [5.74, 6) is 0.713. The highest BCUT2D eigenvalue weighted by atomic mass is 16.5. The zero-order valence-electron chi connectivity index (χ0n) is 14.7. The SMILES string of the molecule is CCCCC(CC)CC(=O)C1(OC)C(C)=CCC(C)=C1C. The number of unbranched alkanes of at least 4 members (excludes halogenated alkanes) is 1. The van der Waals surface area contributed by atoms with Crippen LogP contribution in [-0.4, -0.2) is 18.5 Å². The average Bonchev–Trinajstić information content (AvgIpc) is 2.48. The largest absolute Gasteiger partial charge is 0.362 e. The summed E-state index contributed by atoms with van der Waals surface area (Å²) in [6.07, 6.45) is 8.31. The van der Waals surface area contributed by atoms with Crippen molar-refractivity contribution in [3.63, 3.8) is 0 Å². The van der Waals surface area contributed by atoms with Crippen molar-refractivity contribution in [1.29, 1.82) is 0 Å². The molecule has 0 aromatic carbocycles. The minimum absolute atomic E-state index is 0.234. The Hall–Kier alpha value is -0.890. The van der Waals surface area contributed by atoms with Gasteiger partial charge in [0.1, 0.15) is 0 Å². The van der Waals surface area contributed by atoms with E-state index in [-0.39, 0.29) is 5.78 Å². The smallest absolute Gasteiger partial charge is 0.173 e. The van der Waals surface area contributed by atoms with Crippen LogP contribution in [0.2, 0.25) is 0 Å². The van der Waals surface area contributed by atoms with Crippen LogP contribution in [0.1, 0.15) is 73.1 Å². The third kappa shape index (κ3) is 3.66. The van der Waals surface area contributed by atoms with Crippen molar-refractivity contribution in [2.75, 3.05) is 7.11 Å². The van der Waals surface area contributed by atoms with E-state index in [1.807, 2.05) is 6.92 Å². The molecule has 0 fully saturated rings. The molecule has 0 aromatic heterocycles. The van der Waals surface area contributed by atoms with Crippen LogP contribution >= 0.6 is 0 Å². The Morgan fingerprint density at radius 3 is 2.52 bits per heavy atom. The highest BCUT2D eigenvalue weighted by Gasteiger charge is 2.44. The number of allylic oxidation sites excluding steroid dienone is 2. The van der Waals surface area contributed by atoms with E-state index < -0.39 is 5.60 Å². The van der Waals surface area contributed by atoms with Crippen molar-refractivity contribution >= 4 is 5.78 Å². The molecule has 0 aromatic rings. The predicted molar refractivity (Wildman–Crippen MR) is 89.4 cm³/mol. The highest BCUT2D eigenvalue weighted by molar-refractivity contribution is 5.94. The number of methoxy groups -OCH3 is 1. The number of carbonyl (C=O) groups is 1. The lowest BCUT2D eigenvalue weighted by Crippen LogP contribution is -2.45. The predicted octanol–water partition coefficient (Wildman–Crippen LogP) is 5.23. The van der Waals surface area contributed by atoms with Crippen molar-refractivity contribution in [3.8, 4) is 0 Å². The van der Waals surface area contributed by atoms with Gasteiger partial charge in [-0.2, -0.15) is 0 Å². The van der Waals surface area contributed by atoms with E-state index in [9.17, 15) is 4.79 Å². The fraction of sp³-hybridized carbons (Fsp3) is 0.737. The molecule has 2 atom stereocenters. The minimum Gasteiger partial charge on any atom is -0.362 e. The maximum atomic E-state index is 13.0. The number of rotatable bonds is 8. The molecule has 0 heterocycles. The van der Waals surface area contributed by atoms with Gasteiger partial charge in [-0.1, -0.05) is 51.2 Å². The summed E-state index contributed by atoms with van der Waals surface area (Å²) < 4.78 is 5.81. The summed E-state index contributed by atoms with van der Waals surface area (Å²) >= 11 is 0. The van der Waals surface area contributed by atoms with E-state index in [4.69, 9.17) is 4.74 Å². The summed E-state index contributed by atoms with van der Waals surface area (Å²) in [5.41, 5.74) is 2.61. The average molecular weight is 292 g/mol. The second-order valence-corrected chi connectivity index (χ2v) is 6.43. The first-order chi connectivity index (χ1) is 9.93. The molecular weight excluding hydrogens is 260 g/mol. The molecule has 0 spiro atoms. The van der Waals surface area contributed by atoms with Crippen molar-refractivity contribution in [2.45, 2.75) is 78.7 Å². The molecule has 1 rings (SSSR count). The summed E-state index contributed by atoms with van der Waals surface area (Å²) in [7, 11) is 1.67.